The van der Waals surface area contributed by atoms with Crippen LogP contribution in [0.15, 0.2) is 0 Å². The Morgan fingerprint density at radius 2 is 1.47 bits per heavy atom. The summed E-state index contributed by atoms with van der Waals surface area (Å²) in [6.07, 6.45) is -4.84. The van der Waals surface area contributed by atoms with Crippen LogP contribution < -0.4 is 0 Å². The predicted molar refractivity (Wildman–Crippen MR) is 86.9 cm³/mol. The zero-order chi connectivity index (χ0) is 25.5. The van der Waals surface area contributed by atoms with Gasteiger partial charge in [-0.05, 0) is 13.8 Å². The molecule has 1 aliphatic rings. The number of sulfonamides is 1. The Labute approximate surface area is 178 Å². The number of carbonyl (C=O) groups excluding carboxylic acids is 1. The van der Waals surface area contributed by atoms with Crippen molar-refractivity contribution in [2.75, 3.05) is 26.2 Å². The van der Waals surface area contributed by atoms with E-state index < -0.39 is 88.0 Å². The van der Waals surface area contributed by atoms with Gasteiger partial charge in [0.25, 0.3) is 10.0 Å². The van der Waals surface area contributed by atoms with E-state index in [2.05, 4.69) is 4.74 Å². The van der Waals surface area contributed by atoms with E-state index in [-0.39, 0.29) is 4.31 Å². The van der Waals surface area contributed by atoms with Crippen molar-refractivity contribution < 1.29 is 66.2 Å². The van der Waals surface area contributed by atoms with Gasteiger partial charge in [0.05, 0.1) is 6.54 Å². The lowest BCUT2D eigenvalue weighted by Crippen LogP contribution is -2.66. The number of halogens is 9. The van der Waals surface area contributed by atoms with Gasteiger partial charge in [-0.1, -0.05) is 0 Å². The van der Waals surface area contributed by atoms with Crippen LogP contribution in [-0.4, -0.2) is 93.3 Å². The van der Waals surface area contributed by atoms with Crippen LogP contribution >= 0.6 is 0 Å². The van der Waals surface area contributed by atoms with Crippen molar-refractivity contribution in [3.05, 3.63) is 0 Å². The van der Waals surface area contributed by atoms with Crippen LogP contribution in [0.2, 0.25) is 0 Å². The first-order chi connectivity index (χ1) is 14.1. The van der Waals surface area contributed by atoms with Gasteiger partial charge in [0, 0.05) is 36.3 Å². The van der Waals surface area contributed by atoms with Crippen molar-refractivity contribution in [3.63, 3.8) is 0 Å². The van der Waals surface area contributed by atoms with Crippen molar-refractivity contribution in [2.24, 2.45) is 0 Å². The third kappa shape index (κ3) is 5.48. The fourth-order valence-corrected chi connectivity index (χ4v) is 4.77. The molecule has 0 spiro atoms. The SMILES string of the molecule is CC1CN(S(=O)(=O)C(F)(F)C(F)(F)C(F)(F)S(=O)[O-])CC(C)N1CC(=O)OCC(F)(F)F. The van der Waals surface area contributed by atoms with E-state index >= 15 is 0 Å². The molecule has 1 rings (SSSR count). The predicted octanol–water partition coefficient (Wildman–Crippen LogP) is 1.52. The van der Waals surface area contributed by atoms with Crippen molar-refractivity contribution in [1.29, 1.82) is 0 Å². The van der Waals surface area contributed by atoms with E-state index in [9.17, 15) is 61.5 Å². The highest BCUT2D eigenvalue weighted by Gasteiger charge is 2.79. The Balaban J connectivity index is 3.07. The quantitative estimate of drug-likeness (QED) is 0.266. The molecule has 0 amide bonds. The van der Waals surface area contributed by atoms with Crippen molar-refractivity contribution in [2.45, 2.75) is 48.5 Å². The minimum absolute atomic E-state index is 0.294. The molecule has 190 valence electrons. The number of nitrogens with zero attached hydrogens (tertiary/aromatic N) is 2. The second kappa shape index (κ2) is 9.22. The number of alkyl halides is 9. The number of ether oxygens (including phenoxy) is 1. The number of carbonyl (C=O) groups is 1. The highest BCUT2D eigenvalue weighted by molar-refractivity contribution is 7.90. The van der Waals surface area contributed by atoms with Gasteiger partial charge in [-0.25, -0.2) is 8.42 Å². The van der Waals surface area contributed by atoms with Crippen LogP contribution in [0.25, 0.3) is 0 Å². The molecule has 1 heterocycles. The summed E-state index contributed by atoms with van der Waals surface area (Å²) in [6.45, 7) is -2.72. The third-order valence-corrected chi connectivity index (χ3v) is 6.94. The van der Waals surface area contributed by atoms with E-state index in [0.717, 1.165) is 18.7 Å². The van der Waals surface area contributed by atoms with E-state index in [1.54, 1.807) is 0 Å². The van der Waals surface area contributed by atoms with E-state index in [1.807, 2.05) is 0 Å². The first-order valence-corrected chi connectivity index (χ1v) is 10.8. The maximum absolute atomic E-state index is 14.1. The van der Waals surface area contributed by atoms with Crippen LogP contribution in [0.3, 0.4) is 0 Å². The van der Waals surface area contributed by atoms with Gasteiger partial charge in [-0.15, -0.1) is 0 Å². The second-order valence-corrected chi connectivity index (χ2v) is 9.77. The molecule has 0 N–H and O–H groups in total. The number of hydrogen-bond acceptors (Lipinski definition) is 7. The minimum Gasteiger partial charge on any atom is -0.768 e. The van der Waals surface area contributed by atoms with Crippen molar-refractivity contribution in [1.82, 2.24) is 9.21 Å². The van der Waals surface area contributed by atoms with Gasteiger partial charge in [0.15, 0.2) is 6.61 Å². The summed E-state index contributed by atoms with van der Waals surface area (Å²) >= 11 is -5.10. The monoisotopic (exact) mass is 531 g/mol. The topological polar surface area (TPSA) is 107 Å². The average molecular weight is 531 g/mol. The van der Waals surface area contributed by atoms with Crippen LogP contribution in [0.5, 0.6) is 0 Å². The van der Waals surface area contributed by atoms with Crippen molar-refractivity contribution >= 4 is 27.1 Å². The highest BCUT2D eigenvalue weighted by Crippen LogP contribution is 2.50. The smallest absolute Gasteiger partial charge is 0.428 e. The maximum atomic E-state index is 14.1. The zero-order valence-corrected chi connectivity index (χ0v) is 17.7. The summed E-state index contributed by atoms with van der Waals surface area (Å²) in [4.78, 5) is 12.6. The Hall–Kier alpha value is -1.18. The van der Waals surface area contributed by atoms with E-state index in [1.165, 1.54) is 0 Å². The lowest BCUT2D eigenvalue weighted by molar-refractivity contribution is -0.245. The van der Waals surface area contributed by atoms with Gasteiger partial charge < -0.3 is 9.29 Å². The van der Waals surface area contributed by atoms with Crippen LogP contribution in [-0.2, 0) is 30.6 Å². The molecule has 0 radical (unpaired) electrons. The molecule has 0 bridgehead atoms. The van der Waals surface area contributed by atoms with Crippen LogP contribution in [0, 0.1) is 0 Å². The molecule has 1 fully saturated rings. The van der Waals surface area contributed by atoms with Crippen molar-refractivity contribution in [3.8, 4) is 0 Å². The fourth-order valence-electron chi connectivity index (χ4n) is 2.77. The number of piperazine rings is 1. The summed E-state index contributed by atoms with van der Waals surface area (Å²) in [5, 5.41) is -13.0. The Morgan fingerprint density at radius 1 is 1.03 bits per heavy atom. The summed E-state index contributed by atoms with van der Waals surface area (Å²) < 4.78 is 166. The van der Waals surface area contributed by atoms with Gasteiger partial charge in [-0.3, -0.25) is 13.9 Å². The summed E-state index contributed by atoms with van der Waals surface area (Å²) in [7, 11) is -6.58. The van der Waals surface area contributed by atoms with Gasteiger partial charge >= 0.3 is 28.6 Å². The normalized spacial score (nSPS) is 23.8. The lowest BCUT2D eigenvalue weighted by Gasteiger charge is -2.44. The lowest BCUT2D eigenvalue weighted by atomic mass is 10.1. The molecule has 3 unspecified atom stereocenters. The Morgan fingerprint density at radius 3 is 1.84 bits per heavy atom. The fraction of sp³-hybridized carbons (Fsp3) is 0.923. The molecule has 0 aromatic heterocycles. The molecule has 3 atom stereocenters. The van der Waals surface area contributed by atoms with Crippen LogP contribution in [0.4, 0.5) is 39.5 Å². The number of rotatable bonds is 8. The van der Waals surface area contributed by atoms with Gasteiger partial charge in [-0.2, -0.15) is 43.8 Å². The van der Waals surface area contributed by atoms with E-state index in [4.69, 9.17) is 0 Å². The minimum atomic E-state index is -6.85. The maximum Gasteiger partial charge on any atom is 0.428 e. The van der Waals surface area contributed by atoms with Gasteiger partial charge in [0.2, 0.25) is 0 Å². The zero-order valence-electron chi connectivity index (χ0n) is 16.0. The Bertz CT molecular complexity index is 824. The molecular formula is C13H16F9N2O6S2-. The molecule has 8 nitrogen and oxygen atoms in total. The summed E-state index contributed by atoms with van der Waals surface area (Å²) in [5.74, 6) is -8.26. The van der Waals surface area contributed by atoms with E-state index in [0.29, 0.717) is 0 Å². The molecule has 0 aliphatic carbocycles. The molecule has 0 aromatic carbocycles. The van der Waals surface area contributed by atoms with Crippen LogP contribution in [0.1, 0.15) is 13.8 Å². The molecule has 0 aromatic rings. The largest absolute Gasteiger partial charge is 0.768 e. The molecule has 19 heteroatoms. The summed E-state index contributed by atoms with van der Waals surface area (Å²) in [6, 6.07) is -2.49. The molecule has 0 saturated carbocycles. The first-order valence-electron chi connectivity index (χ1n) is 8.30. The Kier molecular flexibility index (Phi) is 8.32. The molecule has 1 aliphatic heterocycles. The standard InChI is InChI=1S/C13H17F9N2O6S2/c1-7-3-23(4-8(2)24(7)5-9(25)30-6-10(14,15)16)32(28,29)13(21,22)11(17,18)12(19,20)31(26)27/h7-8H,3-6H2,1-2H3,(H,26,27)/p-1. The average Bonchev–Trinajstić information content (AvgIpc) is 2.61. The number of hydrogen-bond donors (Lipinski definition) is 0. The van der Waals surface area contributed by atoms with Gasteiger partial charge in [0.1, 0.15) is 0 Å². The highest BCUT2D eigenvalue weighted by atomic mass is 32.2. The molecule has 32 heavy (non-hydrogen) atoms. The third-order valence-electron chi connectivity index (χ3n) is 4.38. The second-order valence-electron chi connectivity index (χ2n) is 6.81. The summed E-state index contributed by atoms with van der Waals surface area (Å²) in [5.41, 5.74) is 0. The molecule has 1 saturated heterocycles. The number of esters is 1. The first kappa shape index (κ1) is 28.9. The molecular weight excluding hydrogens is 515 g/mol.